The Balaban J connectivity index is 1.74. The van der Waals surface area contributed by atoms with Crippen LogP contribution >= 0.6 is 0 Å². The molecule has 0 fully saturated rings. The Hall–Kier alpha value is -2.34. The zero-order chi connectivity index (χ0) is 18.7. The van der Waals surface area contributed by atoms with Gasteiger partial charge in [0.2, 0.25) is 5.91 Å². The highest BCUT2D eigenvalue weighted by molar-refractivity contribution is 5.92. The highest BCUT2D eigenvalue weighted by Gasteiger charge is 2.40. The number of benzene rings is 2. The molecule has 0 saturated heterocycles. The van der Waals surface area contributed by atoms with Gasteiger partial charge in [-0.15, -0.1) is 0 Å². The predicted octanol–water partition coefficient (Wildman–Crippen LogP) is 4.73. The lowest BCUT2D eigenvalue weighted by molar-refractivity contribution is -0.206. The van der Waals surface area contributed by atoms with E-state index in [0.717, 1.165) is 24.8 Å². The van der Waals surface area contributed by atoms with E-state index >= 15 is 0 Å². The summed E-state index contributed by atoms with van der Waals surface area (Å²) in [6.07, 6.45) is -4.38. The standard InChI is InChI=1S/C20H20F3NO2/c21-20(22,23)19(26)16-10-3-4-11-17(16)24-18(25)12-14-8-5-7-13-6-1-2-9-15(13)14/h1-4,6,9-11,14,19,26H,5,7-8,12H2,(H,24,25)/t14-,19+/m0/s1. The zero-order valence-electron chi connectivity index (χ0n) is 14.1. The van der Waals surface area contributed by atoms with Crippen LogP contribution in [0.2, 0.25) is 0 Å². The summed E-state index contributed by atoms with van der Waals surface area (Å²) < 4.78 is 38.5. The van der Waals surface area contributed by atoms with Gasteiger partial charge < -0.3 is 10.4 Å². The molecule has 2 atom stereocenters. The van der Waals surface area contributed by atoms with Crippen LogP contribution in [0.3, 0.4) is 0 Å². The second kappa shape index (κ2) is 7.50. The summed E-state index contributed by atoms with van der Waals surface area (Å²) in [4.78, 5) is 12.4. The maximum Gasteiger partial charge on any atom is 0.418 e. The molecule has 2 N–H and O–H groups in total. The summed E-state index contributed by atoms with van der Waals surface area (Å²) in [5, 5.41) is 12.1. The van der Waals surface area contributed by atoms with E-state index in [0.29, 0.717) is 0 Å². The van der Waals surface area contributed by atoms with Gasteiger partial charge in [0, 0.05) is 17.7 Å². The van der Waals surface area contributed by atoms with E-state index in [4.69, 9.17) is 0 Å². The SMILES string of the molecule is O=C(C[C@@H]1CCCc2ccccc21)Nc1ccccc1[C@@H](O)C(F)(F)F. The minimum atomic E-state index is -4.79. The third kappa shape index (κ3) is 4.07. The van der Waals surface area contributed by atoms with Gasteiger partial charge in [0.1, 0.15) is 0 Å². The van der Waals surface area contributed by atoms with E-state index in [2.05, 4.69) is 5.32 Å². The first-order valence-corrected chi connectivity index (χ1v) is 8.57. The van der Waals surface area contributed by atoms with Crippen LogP contribution in [0.25, 0.3) is 0 Å². The van der Waals surface area contributed by atoms with Gasteiger partial charge >= 0.3 is 6.18 Å². The Morgan fingerprint density at radius 3 is 2.62 bits per heavy atom. The molecule has 0 aromatic heterocycles. The van der Waals surface area contributed by atoms with Crippen molar-refractivity contribution in [2.24, 2.45) is 0 Å². The van der Waals surface area contributed by atoms with Crippen LogP contribution in [0.15, 0.2) is 48.5 Å². The number of hydrogen-bond acceptors (Lipinski definition) is 2. The lowest BCUT2D eigenvalue weighted by atomic mass is 9.81. The number of hydrogen-bond donors (Lipinski definition) is 2. The molecule has 0 radical (unpaired) electrons. The average molecular weight is 363 g/mol. The van der Waals surface area contributed by atoms with Crippen LogP contribution in [-0.2, 0) is 11.2 Å². The molecule has 2 aromatic carbocycles. The number of aliphatic hydroxyl groups excluding tert-OH is 1. The lowest BCUT2D eigenvalue weighted by Crippen LogP contribution is -2.23. The molecular formula is C20H20F3NO2. The molecule has 0 unspecified atom stereocenters. The van der Waals surface area contributed by atoms with Crippen LogP contribution in [0, 0.1) is 0 Å². The van der Waals surface area contributed by atoms with Crippen LogP contribution < -0.4 is 5.32 Å². The second-order valence-corrected chi connectivity index (χ2v) is 6.57. The molecule has 138 valence electrons. The van der Waals surface area contributed by atoms with Crippen molar-refractivity contribution in [1.29, 1.82) is 0 Å². The number of anilines is 1. The van der Waals surface area contributed by atoms with Gasteiger partial charge in [-0.25, -0.2) is 0 Å². The normalized spacial score (nSPS) is 18.1. The molecule has 26 heavy (non-hydrogen) atoms. The number of amides is 1. The first-order chi connectivity index (χ1) is 12.4. The van der Waals surface area contributed by atoms with Gasteiger partial charge in [-0.2, -0.15) is 13.2 Å². The largest absolute Gasteiger partial charge is 0.418 e. The quantitative estimate of drug-likeness (QED) is 0.825. The van der Waals surface area contributed by atoms with Crippen molar-refractivity contribution in [1.82, 2.24) is 0 Å². The maximum atomic E-state index is 12.8. The van der Waals surface area contributed by atoms with Crippen molar-refractivity contribution >= 4 is 11.6 Å². The van der Waals surface area contributed by atoms with E-state index in [1.807, 2.05) is 24.3 Å². The summed E-state index contributed by atoms with van der Waals surface area (Å²) in [7, 11) is 0. The van der Waals surface area contributed by atoms with Crippen molar-refractivity contribution in [3.8, 4) is 0 Å². The number of carbonyl (C=O) groups is 1. The highest BCUT2D eigenvalue weighted by Crippen LogP contribution is 2.37. The zero-order valence-corrected chi connectivity index (χ0v) is 14.1. The van der Waals surface area contributed by atoms with Gasteiger partial charge in [-0.05, 0) is 42.4 Å². The summed E-state index contributed by atoms with van der Waals surface area (Å²) in [5.74, 6) is -0.298. The Morgan fingerprint density at radius 1 is 1.15 bits per heavy atom. The summed E-state index contributed by atoms with van der Waals surface area (Å²) in [6, 6.07) is 13.4. The van der Waals surface area contributed by atoms with Gasteiger partial charge in [0.15, 0.2) is 6.10 Å². The third-order valence-corrected chi connectivity index (χ3v) is 4.76. The van der Waals surface area contributed by atoms with Crippen LogP contribution in [0.1, 0.15) is 48.0 Å². The first-order valence-electron chi connectivity index (χ1n) is 8.57. The summed E-state index contributed by atoms with van der Waals surface area (Å²) in [6.45, 7) is 0. The molecule has 1 aliphatic rings. The fourth-order valence-electron chi connectivity index (χ4n) is 3.52. The molecule has 0 aliphatic heterocycles. The Bertz CT molecular complexity index is 789. The van der Waals surface area contributed by atoms with Crippen molar-refractivity contribution in [3.63, 3.8) is 0 Å². The third-order valence-electron chi connectivity index (χ3n) is 4.76. The van der Waals surface area contributed by atoms with Crippen LogP contribution in [0.4, 0.5) is 18.9 Å². The molecule has 0 heterocycles. The predicted molar refractivity (Wildman–Crippen MR) is 92.8 cm³/mol. The van der Waals surface area contributed by atoms with Gasteiger partial charge in [0.05, 0.1) is 0 Å². The Morgan fingerprint density at radius 2 is 1.85 bits per heavy atom. The number of carbonyl (C=O) groups excluding carboxylic acids is 1. The van der Waals surface area contributed by atoms with E-state index in [9.17, 15) is 23.1 Å². The Labute approximate surface area is 149 Å². The van der Waals surface area contributed by atoms with Crippen molar-refractivity contribution in [2.45, 2.75) is 43.9 Å². The lowest BCUT2D eigenvalue weighted by Gasteiger charge is -2.25. The molecule has 0 saturated carbocycles. The van der Waals surface area contributed by atoms with Crippen molar-refractivity contribution in [2.75, 3.05) is 5.32 Å². The number of nitrogens with one attached hydrogen (secondary N) is 1. The number of fused-ring (bicyclic) bond motifs is 1. The van der Waals surface area contributed by atoms with Crippen molar-refractivity contribution in [3.05, 3.63) is 65.2 Å². The van der Waals surface area contributed by atoms with E-state index in [1.165, 1.54) is 29.8 Å². The van der Waals surface area contributed by atoms with Crippen LogP contribution in [0.5, 0.6) is 0 Å². The molecule has 1 aliphatic carbocycles. The molecule has 0 bridgehead atoms. The summed E-state index contributed by atoms with van der Waals surface area (Å²) in [5.41, 5.74) is 2.01. The van der Waals surface area contributed by atoms with Crippen molar-refractivity contribution < 1.29 is 23.1 Å². The number of aryl methyl sites for hydroxylation is 1. The molecule has 3 rings (SSSR count). The van der Waals surface area contributed by atoms with E-state index < -0.39 is 12.3 Å². The number of alkyl halides is 3. The number of aliphatic hydroxyl groups is 1. The first kappa shape index (κ1) is 18.5. The van der Waals surface area contributed by atoms with E-state index in [1.54, 1.807) is 0 Å². The Kier molecular flexibility index (Phi) is 5.32. The molecule has 0 spiro atoms. The minimum Gasteiger partial charge on any atom is -0.379 e. The molecular weight excluding hydrogens is 343 g/mol. The molecule has 2 aromatic rings. The van der Waals surface area contributed by atoms with Gasteiger partial charge in [-0.3, -0.25) is 4.79 Å². The molecule has 3 nitrogen and oxygen atoms in total. The fraction of sp³-hybridized carbons (Fsp3) is 0.350. The molecule has 6 heteroatoms. The minimum absolute atomic E-state index is 0.00794. The van der Waals surface area contributed by atoms with Gasteiger partial charge in [0.25, 0.3) is 0 Å². The highest BCUT2D eigenvalue weighted by atomic mass is 19.4. The smallest absolute Gasteiger partial charge is 0.379 e. The number of rotatable bonds is 4. The molecule has 1 amide bonds. The maximum absolute atomic E-state index is 12.8. The number of para-hydroxylation sites is 1. The fourth-order valence-corrected chi connectivity index (χ4v) is 3.52. The topological polar surface area (TPSA) is 49.3 Å². The summed E-state index contributed by atoms with van der Waals surface area (Å²) >= 11 is 0. The monoisotopic (exact) mass is 363 g/mol. The van der Waals surface area contributed by atoms with Gasteiger partial charge in [-0.1, -0.05) is 42.5 Å². The average Bonchev–Trinajstić information content (AvgIpc) is 2.61. The van der Waals surface area contributed by atoms with E-state index in [-0.39, 0.29) is 29.5 Å². The second-order valence-electron chi connectivity index (χ2n) is 6.57. The van der Waals surface area contributed by atoms with Crippen LogP contribution in [-0.4, -0.2) is 17.2 Å². The number of halogens is 3.